The van der Waals surface area contributed by atoms with Gasteiger partial charge in [-0.3, -0.25) is 0 Å². The van der Waals surface area contributed by atoms with E-state index in [0.717, 1.165) is 0 Å². The number of aromatic amines is 1. The molecule has 3 rings (SSSR count). The van der Waals surface area contributed by atoms with Crippen molar-refractivity contribution in [2.24, 2.45) is 0 Å². The van der Waals surface area contributed by atoms with E-state index in [1.165, 1.54) is 22.1 Å². The van der Waals surface area contributed by atoms with Gasteiger partial charge in [0.1, 0.15) is 11.9 Å². The summed E-state index contributed by atoms with van der Waals surface area (Å²) >= 11 is 0. The molecule has 0 aliphatic carbocycles. The highest BCUT2D eigenvalue weighted by molar-refractivity contribution is 5.91. The van der Waals surface area contributed by atoms with E-state index in [1.54, 1.807) is 0 Å². The molecule has 2 heterocycles. The Hall–Kier alpha value is -1.83. The van der Waals surface area contributed by atoms with Crippen molar-refractivity contribution in [2.45, 2.75) is 6.92 Å². The van der Waals surface area contributed by atoms with Crippen LogP contribution in [0.25, 0.3) is 16.4 Å². The van der Waals surface area contributed by atoms with Crippen LogP contribution in [0.5, 0.6) is 0 Å². The van der Waals surface area contributed by atoms with Gasteiger partial charge in [0.05, 0.1) is 11.6 Å². The number of hydrogen-bond acceptors (Lipinski definition) is 0. The van der Waals surface area contributed by atoms with E-state index < -0.39 is 0 Å². The number of rotatable bonds is 0. The zero-order chi connectivity index (χ0) is 9.54. The first kappa shape index (κ1) is 7.56. The van der Waals surface area contributed by atoms with Crippen molar-refractivity contribution in [3.63, 3.8) is 0 Å². The van der Waals surface area contributed by atoms with Crippen molar-refractivity contribution < 1.29 is 4.40 Å². The quantitative estimate of drug-likeness (QED) is 0.516. The summed E-state index contributed by atoms with van der Waals surface area (Å²) in [5.41, 5.74) is 2.39. The molecule has 0 spiro atoms. The zero-order valence-corrected chi connectivity index (χ0v) is 7.99. The molecule has 0 bridgehead atoms. The van der Waals surface area contributed by atoms with E-state index in [-0.39, 0.29) is 0 Å². The summed E-state index contributed by atoms with van der Waals surface area (Å²) in [4.78, 5) is 3.29. The van der Waals surface area contributed by atoms with Crippen LogP contribution in [0.4, 0.5) is 0 Å². The Labute approximate surface area is 81.8 Å². The first-order valence-corrected chi connectivity index (χ1v) is 4.73. The molecule has 3 aromatic rings. The highest BCUT2D eigenvalue weighted by Crippen LogP contribution is 2.15. The molecule has 0 radical (unpaired) electrons. The highest BCUT2D eigenvalue weighted by Gasteiger charge is 2.09. The van der Waals surface area contributed by atoms with Crippen LogP contribution in [0.2, 0.25) is 0 Å². The molecule has 0 saturated heterocycles. The predicted molar refractivity (Wildman–Crippen MR) is 56.2 cm³/mol. The summed E-state index contributed by atoms with van der Waals surface area (Å²) in [5, 5.41) is 2.54. The van der Waals surface area contributed by atoms with Gasteiger partial charge in [-0.1, -0.05) is 18.2 Å². The van der Waals surface area contributed by atoms with Crippen molar-refractivity contribution in [1.29, 1.82) is 0 Å². The third-order valence-electron chi connectivity index (χ3n) is 2.66. The van der Waals surface area contributed by atoms with Crippen LogP contribution in [0.3, 0.4) is 0 Å². The fourth-order valence-corrected chi connectivity index (χ4v) is 1.90. The molecule has 0 saturated carbocycles. The SMILES string of the molecule is Cc1c[nH]c2c3ccccc3cc[n+]12. The first-order chi connectivity index (χ1) is 6.86. The number of H-pyrrole nitrogens is 1. The van der Waals surface area contributed by atoms with Crippen molar-refractivity contribution in [3.05, 3.63) is 48.4 Å². The fourth-order valence-electron chi connectivity index (χ4n) is 1.90. The summed E-state index contributed by atoms with van der Waals surface area (Å²) in [6, 6.07) is 10.5. The van der Waals surface area contributed by atoms with Crippen LogP contribution in [0.15, 0.2) is 42.7 Å². The fraction of sp³-hybridized carbons (Fsp3) is 0.0833. The number of fused-ring (bicyclic) bond motifs is 3. The maximum absolute atomic E-state index is 3.29. The molecule has 14 heavy (non-hydrogen) atoms. The third-order valence-corrected chi connectivity index (χ3v) is 2.66. The number of aromatic nitrogens is 2. The molecule has 0 amide bonds. The van der Waals surface area contributed by atoms with E-state index in [2.05, 4.69) is 52.8 Å². The van der Waals surface area contributed by atoms with E-state index >= 15 is 0 Å². The Balaban J connectivity index is 2.61. The summed E-state index contributed by atoms with van der Waals surface area (Å²) in [6.45, 7) is 2.10. The maximum Gasteiger partial charge on any atom is 0.292 e. The Morgan fingerprint density at radius 3 is 2.93 bits per heavy atom. The number of nitrogens with one attached hydrogen (secondary N) is 1. The van der Waals surface area contributed by atoms with Crippen molar-refractivity contribution in [1.82, 2.24) is 4.98 Å². The second-order valence-corrected chi connectivity index (χ2v) is 3.55. The lowest BCUT2D eigenvalue weighted by molar-refractivity contribution is -0.516. The molecular formula is C12H11N2+. The number of nitrogens with zero attached hydrogens (tertiary/aromatic N) is 1. The lowest BCUT2D eigenvalue weighted by Gasteiger charge is -1.94. The summed E-state index contributed by atoms with van der Waals surface area (Å²) in [7, 11) is 0. The maximum atomic E-state index is 3.29. The zero-order valence-electron chi connectivity index (χ0n) is 7.99. The van der Waals surface area contributed by atoms with Gasteiger partial charge in [-0.25, -0.2) is 4.98 Å². The van der Waals surface area contributed by atoms with Crippen LogP contribution in [-0.2, 0) is 0 Å². The summed E-state index contributed by atoms with van der Waals surface area (Å²) < 4.78 is 2.17. The smallest absolute Gasteiger partial charge is 0.243 e. The number of pyridine rings is 1. The topological polar surface area (TPSA) is 19.9 Å². The van der Waals surface area contributed by atoms with Crippen molar-refractivity contribution >= 4 is 16.4 Å². The van der Waals surface area contributed by atoms with Crippen molar-refractivity contribution in [2.75, 3.05) is 0 Å². The molecule has 0 aliphatic rings. The van der Waals surface area contributed by atoms with Gasteiger partial charge in [0.2, 0.25) is 0 Å². The number of benzene rings is 1. The molecule has 68 valence electrons. The Morgan fingerprint density at radius 2 is 2.00 bits per heavy atom. The number of imidazole rings is 1. The third kappa shape index (κ3) is 0.880. The van der Waals surface area contributed by atoms with E-state index in [0.29, 0.717) is 0 Å². The summed E-state index contributed by atoms with van der Waals surface area (Å²) in [5.74, 6) is 0. The second kappa shape index (κ2) is 2.58. The van der Waals surface area contributed by atoms with Gasteiger partial charge >= 0.3 is 0 Å². The van der Waals surface area contributed by atoms with Gasteiger partial charge in [-0.2, -0.15) is 4.40 Å². The summed E-state index contributed by atoms with van der Waals surface area (Å²) in [6.07, 6.45) is 4.13. The van der Waals surface area contributed by atoms with Gasteiger partial charge in [0.25, 0.3) is 5.65 Å². The van der Waals surface area contributed by atoms with Crippen LogP contribution in [-0.4, -0.2) is 4.98 Å². The average molecular weight is 183 g/mol. The highest BCUT2D eigenvalue weighted by atomic mass is 15.0. The van der Waals surface area contributed by atoms with Crippen LogP contribution >= 0.6 is 0 Å². The number of aryl methyl sites for hydroxylation is 1. The minimum Gasteiger partial charge on any atom is -0.243 e. The minimum absolute atomic E-state index is 1.17. The van der Waals surface area contributed by atoms with Gasteiger partial charge in [-0.15, -0.1) is 0 Å². The molecule has 2 heteroatoms. The van der Waals surface area contributed by atoms with Crippen LogP contribution in [0.1, 0.15) is 5.69 Å². The van der Waals surface area contributed by atoms with Gasteiger partial charge < -0.3 is 0 Å². The van der Waals surface area contributed by atoms with E-state index in [9.17, 15) is 0 Å². The van der Waals surface area contributed by atoms with E-state index in [4.69, 9.17) is 0 Å². The molecule has 0 atom stereocenters. The Kier molecular flexibility index (Phi) is 1.39. The van der Waals surface area contributed by atoms with Gasteiger partial charge in [-0.05, 0) is 17.5 Å². The van der Waals surface area contributed by atoms with Gasteiger partial charge in [0, 0.05) is 6.92 Å². The normalized spacial score (nSPS) is 11.2. The molecule has 0 aliphatic heterocycles. The lowest BCUT2D eigenvalue weighted by Crippen LogP contribution is -2.21. The molecular weight excluding hydrogens is 172 g/mol. The van der Waals surface area contributed by atoms with Crippen molar-refractivity contribution in [3.8, 4) is 0 Å². The molecule has 2 nitrogen and oxygen atoms in total. The predicted octanol–water partition coefficient (Wildman–Crippen LogP) is 2.22. The average Bonchev–Trinajstić information content (AvgIpc) is 2.61. The first-order valence-electron chi connectivity index (χ1n) is 4.73. The van der Waals surface area contributed by atoms with Gasteiger partial charge in [0.15, 0.2) is 0 Å². The van der Waals surface area contributed by atoms with Crippen LogP contribution in [0, 0.1) is 6.92 Å². The molecule has 1 N–H and O–H groups in total. The minimum atomic E-state index is 1.17. The number of hydrogen-bond donors (Lipinski definition) is 1. The van der Waals surface area contributed by atoms with Crippen LogP contribution < -0.4 is 4.40 Å². The Bertz CT molecular complexity index is 608. The molecule has 1 aromatic carbocycles. The van der Waals surface area contributed by atoms with E-state index in [1.807, 2.05) is 6.20 Å². The second-order valence-electron chi connectivity index (χ2n) is 3.55. The molecule has 0 fully saturated rings. The molecule has 2 aromatic heterocycles. The molecule has 0 unspecified atom stereocenters. The lowest BCUT2D eigenvalue weighted by atomic mass is 10.2. The standard InChI is InChI=1S/C12H10N2/c1-9-8-13-12-11-5-3-2-4-10(11)6-7-14(9)12/h2-8H,1H3/p+1. The Morgan fingerprint density at radius 1 is 1.14 bits per heavy atom. The largest absolute Gasteiger partial charge is 0.292 e. The monoisotopic (exact) mass is 183 g/mol.